The van der Waals surface area contributed by atoms with E-state index in [9.17, 15) is 9.59 Å². The Bertz CT molecular complexity index is 1650. The number of imidazole rings is 1. The number of hydrogen-bond donors (Lipinski definition) is 1. The number of rotatable bonds is 11. The van der Waals surface area contributed by atoms with Crippen molar-refractivity contribution in [2.24, 2.45) is 0 Å². The van der Waals surface area contributed by atoms with E-state index in [1.165, 1.54) is 4.90 Å². The average Bonchev–Trinajstić information content (AvgIpc) is 3.45. The summed E-state index contributed by atoms with van der Waals surface area (Å²) in [6, 6.07) is 33.8. The summed E-state index contributed by atoms with van der Waals surface area (Å²) in [5, 5.41) is 2.95. The summed E-state index contributed by atoms with van der Waals surface area (Å²) in [5.41, 5.74) is 3.72. The lowest BCUT2D eigenvalue weighted by atomic mass is 10.1. The summed E-state index contributed by atoms with van der Waals surface area (Å²) in [6.07, 6.45) is 1.87. The Balaban J connectivity index is 1.45. The number of nitrogens with zero attached hydrogens (tertiary/aromatic N) is 3. The number of carbonyl (C=O) groups is 2. The standard InChI is InChI=1S/C34H32N4O4/c1-3-42-30-19-11-17-28(21-30)38-23-31(26-14-8-5-9-15-26)35-34(38)36-32(39)24-37(22-25-12-6-4-7-13-25)33(40)27-16-10-18-29(20-27)41-2/h4-21,23H,3,22,24H2,1-2H3,(H,35,36,39). The molecule has 0 radical (unpaired) electrons. The summed E-state index contributed by atoms with van der Waals surface area (Å²) in [4.78, 5) is 33.5. The molecule has 0 unspecified atom stereocenters. The molecule has 212 valence electrons. The van der Waals surface area contributed by atoms with E-state index in [1.807, 2.05) is 103 Å². The molecular weight excluding hydrogens is 528 g/mol. The number of benzene rings is 4. The van der Waals surface area contributed by atoms with Gasteiger partial charge in [-0.2, -0.15) is 0 Å². The van der Waals surface area contributed by atoms with Gasteiger partial charge in [0.2, 0.25) is 11.9 Å². The van der Waals surface area contributed by atoms with Gasteiger partial charge in [0.05, 0.1) is 25.1 Å². The molecule has 0 aliphatic rings. The van der Waals surface area contributed by atoms with Crippen molar-refractivity contribution in [1.29, 1.82) is 0 Å². The molecule has 0 fully saturated rings. The van der Waals surface area contributed by atoms with E-state index in [-0.39, 0.29) is 24.9 Å². The predicted molar refractivity (Wildman–Crippen MR) is 163 cm³/mol. The molecule has 0 bridgehead atoms. The van der Waals surface area contributed by atoms with Crippen LogP contribution in [0.3, 0.4) is 0 Å². The summed E-state index contributed by atoms with van der Waals surface area (Å²) >= 11 is 0. The SMILES string of the molecule is CCOc1cccc(-n2cc(-c3ccccc3)nc2NC(=O)CN(Cc2ccccc2)C(=O)c2cccc(OC)c2)c1. The molecule has 0 atom stereocenters. The van der Waals surface area contributed by atoms with Crippen LogP contribution in [0.2, 0.25) is 0 Å². The first kappa shape index (κ1) is 28.2. The highest BCUT2D eigenvalue weighted by atomic mass is 16.5. The number of anilines is 1. The molecule has 2 amide bonds. The van der Waals surface area contributed by atoms with Crippen molar-refractivity contribution in [3.05, 3.63) is 127 Å². The third kappa shape index (κ3) is 6.85. The minimum atomic E-state index is -0.380. The van der Waals surface area contributed by atoms with Gasteiger partial charge in [-0.1, -0.05) is 72.8 Å². The molecule has 5 aromatic rings. The smallest absolute Gasteiger partial charge is 0.254 e. The maximum Gasteiger partial charge on any atom is 0.254 e. The van der Waals surface area contributed by atoms with Crippen LogP contribution in [0.4, 0.5) is 5.95 Å². The lowest BCUT2D eigenvalue weighted by molar-refractivity contribution is -0.117. The Morgan fingerprint density at radius 1 is 0.857 bits per heavy atom. The summed E-state index contributed by atoms with van der Waals surface area (Å²) in [6.45, 7) is 2.53. The molecule has 8 heteroatoms. The molecule has 0 saturated heterocycles. The van der Waals surface area contributed by atoms with Crippen LogP contribution in [0.5, 0.6) is 11.5 Å². The van der Waals surface area contributed by atoms with Crippen molar-refractivity contribution in [3.8, 4) is 28.4 Å². The molecule has 0 aliphatic carbocycles. The van der Waals surface area contributed by atoms with Crippen molar-refractivity contribution in [2.75, 3.05) is 25.6 Å². The minimum Gasteiger partial charge on any atom is -0.497 e. The fraction of sp³-hybridized carbons (Fsp3) is 0.147. The number of nitrogens with one attached hydrogen (secondary N) is 1. The van der Waals surface area contributed by atoms with E-state index >= 15 is 0 Å². The zero-order valence-electron chi connectivity index (χ0n) is 23.6. The molecule has 1 heterocycles. The summed E-state index contributed by atoms with van der Waals surface area (Å²) in [5.74, 6) is 0.941. The van der Waals surface area contributed by atoms with Crippen molar-refractivity contribution in [2.45, 2.75) is 13.5 Å². The van der Waals surface area contributed by atoms with Crippen LogP contribution in [0.1, 0.15) is 22.8 Å². The zero-order chi connectivity index (χ0) is 29.3. The minimum absolute atomic E-state index is 0.183. The van der Waals surface area contributed by atoms with Gasteiger partial charge >= 0.3 is 0 Å². The molecule has 42 heavy (non-hydrogen) atoms. The van der Waals surface area contributed by atoms with E-state index < -0.39 is 0 Å². The topological polar surface area (TPSA) is 85.7 Å². The number of ether oxygens (including phenoxy) is 2. The normalized spacial score (nSPS) is 10.6. The Morgan fingerprint density at radius 2 is 1.57 bits per heavy atom. The highest BCUT2D eigenvalue weighted by Gasteiger charge is 2.22. The van der Waals surface area contributed by atoms with Gasteiger partial charge in [0.25, 0.3) is 5.91 Å². The molecule has 8 nitrogen and oxygen atoms in total. The van der Waals surface area contributed by atoms with E-state index in [2.05, 4.69) is 5.32 Å². The van der Waals surface area contributed by atoms with Gasteiger partial charge in [0, 0.05) is 29.9 Å². The fourth-order valence-corrected chi connectivity index (χ4v) is 4.58. The van der Waals surface area contributed by atoms with E-state index in [4.69, 9.17) is 14.5 Å². The van der Waals surface area contributed by atoms with Crippen LogP contribution in [0.25, 0.3) is 16.9 Å². The molecule has 0 aliphatic heterocycles. The summed E-state index contributed by atoms with van der Waals surface area (Å²) < 4.78 is 12.8. The van der Waals surface area contributed by atoms with E-state index in [1.54, 1.807) is 31.4 Å². The molecule has 4 aromatic carbocycles. The molecule has 0 saturated carbocycles. The van der Waals surface area contributed by atoms with Gasteiger partial charge in [-0.3, -0.25) is 19.5 Å². The third-order valence-corrected chi connectivity index (χ3v) is 6.59. The van der Waals surface area contributed by atoms with Crippen molar-refractivity contribution < 1.29 is 19.1 Å². The predicted octanol–water partition coefficient (Wildman–Crippen LogP) is 6.23. The number of methoxy groups -OCH3 is 1. The second-order valence-electron chi connectivity index (χ2n) is 9.54. The zero-order valence-corrected chi connectivity index (χ0v) is 23.6. The monoisotopic (exact) mass is 560 g/mol. The van der Waals surface area contributed by atoms with E-state index in [0.717, 1.165) is 16.8 Å². The molecule has 1 aromatic heterocycles. The van der Waals surface area contributed by atoms with Gasteiger partial charge in [-0.25, -0.2) is 4.98 Å². The second kappa shape index (κ2) is 13.3. The summed E-state index contributed by atoms with van der Waals surface area (Å²) in [7, 11) is 1.55. The van der Waals surface area contributed by atoms with Crippen molar-refractivity contribution >= 4 is 17.8 Å². The van der Waals surface area contributed by atoms with Crippen molar-refractivity contribution in [3.63, 3.8) is 0 Å². The first-order valence-corrected chi connectivity index (χ1v) is 13.7. The van der Waals surface area contributed by atoms with Gasteiger partial charge in [-0.15, -0.1) is 0 Å². The number of aromatic nitrogens is 2. The lowest BCUT2D eigenvalue weighted by Crippen LogP contribution is -2.38. The highest BCUT2D eigenvalue weighted by Crippen LogP contribution is 2.26. The molecule has 5 rings (SSSR count). The lowest BCUT2D eigenvalue weighted by Gasteiger charge is -2.23. The maximum absolute atomic E-state index is 13.6. The van der Waals surface area contributed by atoms with Crippen LogP contribution < -0.4 is 14.8 Å². The Kier molecular flexibility index (Phi) is 8.94. The van der Waals surface area contributed by atoms with Crippen molar-refractivity contribution in [1.82, 2.24) is 14.5 Å². The number of hydrogen-bond acceptors (Lipinski definition) is 5. The average molecular weight is 561 g/mol. The first-order valence-electron chi connectivity index (χ1n) is 13.7. The van der Waals surface area contributed by atoms with Crippen LogP contribution in [0.15, 0.2) is 115 Å². The van der Waals surface area contributed by atoms with Gasteiger partial charge < -0.3 is 14.4 Å². The largest absolute Gasteiger partial charge is 0.497 e. The second-order valence-corrected chi connectivity index (χ2v) is 9.54. The quantitative estimate of drug-likeness (QED) is 0.207. The van der Waals surface area contributed by atoms with Gasteiger partial charge in [0.1, 0.15) is 18.0 Å². The number of amides is 2. The van der Waals surface area contributed by atoms with E-state index in [0.29, 0.717) is 35.3 Å². The maximum atomic E-state index is 13.6. The van der Waals surface area contributed by atoms with Gasteiger partial charge in [0.15, 0.2) is 0 Å². The van der Waals surface area contributed by atoms with Crippen LogP contribution in [-0.2, 0) is 11.3 Å². The van der Waals surface area contributed by atoms with Crippen LogP contribution >= 0.6 is 0 Å². The fourth-order valence-electron chi connectivity index (χ4n) is 4.58. The molecule has 1 N–H and O–H groups in total. The highest BCUT2D eigenvalue weighted by molar-refractivity contribution is 5.99. The Morgan fingerprint density at radius 3 is 2.31 bits per heavy atom. The molecular formula is C34H32N4O4. The van der Waals surface area contributed by atoms with Gasteiger partial charge in [-0.05, 0) is 42.8 Å². The van der Waals surface area contributed by atoms with Crippen LogP contribution in [-0.4, -0.2) is 46.5 Å². The third-order valence-electron chi connectivity index (χ3n) is 6.59. The Labute approximate surface area is 245 Å². The number of carbonyl (C=O) groups excluding carboxylic acids is 2. The van der Waals surface area contributed by atoms with Crippen LogP contribution in [0, 0.1) is 0 Å². The Hall–Kier alpha value is -5.37. The molecule has 0 spiro atoms. The first-order chi connectivity index (χ1) is 20.5.